The van der Waals surface area contributed by atoms with Crippen LogP contribution >= 0.6 is 27.7 Å². The molecular formula is C17H20BrN3OS. The average Bonchev–Trinajstić information content (AvgIpc) is 3.33. The summed E-state index contributed by atoms with van der Waals surface area (Å²) in [6, 6.07) is 8.90. The zero-order valence-electron chi connectivity index (χ0n) is 12.9. The third-order valence-corrected chi connectivity index (χ3v) is 6.11. The lowest BCUT2D eigenvalue weighted by Gasteiger charge is -2.25. The van der Waals surface area contributed by atoms with Gasteiger partial charge in [-0.2, -0.15) is 0 Å². The molecule has 0 N–H and O–H groups in total. The molecule has 23 heavy (non-hydrogen) atoms. The summed E-state index contributed by atoms with van der Waals surface area (Å²) in [4.78, 5) is 0. The molecule has 1 unspecified atom stereocenters. The number of nitrogens with zero attached hydrogens (tertiary/aromatic N) is 3. The van der Waals surface area contributed by atoms with Gasteiger partial charge in [0, 0.05) is 21.8 Å². The SMILES string of the molecule is Brc1ccc(-c2nnc(SCC3CO3)n2C2CCCCC2)cc1. The first kappa shape index (κ1) is 15.7. The summed E-state index contributed by atoms with van der Waals surface area (Å²) in [7, 11) is 0. The molecule has 2 aliphatic rings. The number of epoxide rings is 1. The van der Waals surface area contributed by atoms with Crippen molar-refractivity contribution in [3.05, 3.63) is 28.7 Å². The Morgan fingerprint density at radius 3 is 2.57 bits per heavy atom. The van der Waals surface area contributed by atoms with Crippen LogP contribution in [0.25, 0.3) is 11.4 Å². The molecule has 1 aromatic carbocycles. The molecule has 2 aromatic rings. The third-order valence-electron chi connectivity index (χ3n) is 4.51. The van der Waals surface area contributed by atoms with Crippen LogP contribution in [0.5, 0.6) is 0 Å². The maximum atomic E-state index is 5.34. The molecule has 1 aliphatic heterocycles. The van der Waals surface area contributed by atoms with Gasteiger partial charge >= 0.3 is 0 Å². The minimum absolute atomic E-state index is 0.410. The van der Waals surface area contributed by atoms with Crippen molar-refractivity contribution in [2.75, 3.05) is 12.4 Å². The highest BCUT2D eigenvalue weighted by Gasteiger charge is 2.27. The van der Waals surface area contributed by atoms with Gasteiger partial charge in [-0.25, -0.2) is 0 Å². The molecule has 0 amide bonds. The van der Waals surface area contributed by atoms with Crippen LogP contribution in [-0.4, -0.2) is 33.2 Å². The Hall–Kier alpha value is -0.850. The molecule has 1 saturated heterocycles. The standard InChI is InChI=1S/C17H20BrN3OS/c18-13-8-6-12(7-9-13)16-19-20-17(23-11-15-10-22-15)21(16)14-4-2-1-3-5-14/h6-9,14-15H,1-5,10-11H2. The van der Waals surface area contributed by atoms with Crippen LogP contribution < -0.4 is 0 Å². The lowest BCUT2D eigenvalue weighted by atomic mass is 9.95. The Morgan fingerprint density at radius 1 is 1.13 bits per heavy atom. The topological polar surface area (TPSA) is 43.2 Å². The molecule has 4 nitrogen and oxygen atoms in total. The van der Waals surface area contributed by atoms with E-state index in [1.165, 1.54) is 32.1 Å². The predicted octanol–water partition coefficient (Wildman–Crippen LogP) is 4.70. The van der Waals surface area contributed by atoms with Crippen molar-refractivity contribution in [2.24, 2.45) is 0 Å². The van der Waals surface area contributed by atoms with Gasteiger partial charge in [0.15, 0.2) is 11.0 Å². The number of hydrogen-bond donors (Lipinski definition) is 0. The first-order valence-electron chi connectivity index (χ1n) is 8.26. The molecule has 1 saturated carbocycles. The largest absolute Gasteiger partial charge is 0.372 e. The van der Waals surface area contributed by atoms with Crippen molar-refractivity contribution < 1.29 is 4.74 Å². The Balaban J connectivity index is 1.67. The van der Waals surface area contributed by atoms with E-state index >= 15 is 0 Å². The van der Waals surface area contributed by atoms with Crippen molar-refractivity contribution in [1.82, 2.24) is 14.8 Å². The molecule has 2 heterocycles. The molecule has 4 rings (SSSR count). The minimum atomic E-state index is 0.410. The summed E-state index contributed by atoms with van der Waals surface area (Å²) in [6.45, 7) is 0.893. The van der Waals surface area contributed by atoms with Crippen molar-refractivity contribution in [2.45, 2.75) is 49.4 Å². The van der Waals surface area contributed by atoms with E-state index in [1.807, 2.05) is 0 Å². The Bertz CT molecular complexity index is 663. The highest BCUT2D eigenvalue weighted by molar-refractivity contribution is 9.10. The Morgan fingerprint density at radius 2 is 1.87 bits per heavy atom. The van der Waals surface area contributed by atoms with Gasteiger partial charge in [0.1, 0.15) is 0 Å². The van der Waals surface area contributed by atoms with Crippen LogP contribution in [0.2, 0.25) is 0 Å². The molecule has 1 atom stereocenters. The first-order chi connectivity index (χ1) is 11.3. The van der Waals surface area contributed by atoms with E-state index in [-0.39, 0.29) is 0 Å². The number of hydrogen-bond acceptors (Lipinski definition) is 4. The number of aromatic nitrogens is 3. The van der Waals surface area contributed by atoms with Crippen molar-refractivity contribution in [3.63, 3.8) is 0 Å². The smallest absolute Gasteiger partial charge is 0.191 e. The summed E-state index contributed by atoms with van der Waals surface area (Å²) in [5, 5.41) is 10.1. The van der Waals surface area contributed by atoms with Crippen LogP contribution in [0.3, 0.4) is 0 Å². The second-order valence-electron chi connectivity index (χ2n) is 6.24. The average molecular weight is 394 g/mol. The van der Waals surface area contributed by atoms with Crippen molar-refractivity contribution in [3.8, 4) is 11.4 Å². The van der Waals surface area contributed by atoms with E-state index in [0.717, 1.165) is 33.4 Å². The molecule has 0 spiro atoms. The predicted molar refractivity (Wildman–Crippen MR) is 95.7 cm³/mol. The summed E-state index contributed by atoms with van der Waals surface area (Å²) < 4.78 is 8.81. The van der Waals surface area contributed by atoms with Crippen LogP contribution in [0, 0.1) is 0 Å². The number of ether oxygens (including phenoxy) is 1. The van der Waals surface area contributed by atoms with Gasteiger partial charge in [-0.3, -0.25) is 4.57 Å². The fourth-order valence-electron chi connectivity index (χ4n) is 3.17. The third kappa shape index (κ3) is 3.64. The first-order valence-corrected chi connectivity index (χ1v) is 10.0. The summed E-state index contributed by atoms with van der Waals surface area (Å²) >= 11 is 5.29. The highest BCUT2D eigenvalue weighted by Crippen LogP contribution is 2.36. The number of rotatable bonds is 5. The van der Waals surface area contributed by atoms with Crippen LogP contribution in [0.15, 0.2) is 33.9 Å². The number of thioether (sulfide) groups is 1. The molecule has 0 radical (unpaired) electrons. The lowest BCUT2D eigenvalue weighted by Crippen LogP contribution is -2.15. The van der Waals surface area contributed by atoms with Gasteiger partial charge in [-0.05, 0) is 25.0 Å². The Kier molecular flexibility index (Phi) is 4.73. The lowest BCUT2D eigenvalue weighted by molar-refractivity contribution is 0.339. The van der Waals surface area contributed by atoms with Gasteiger partial charge in [-0.1, -0.05) is 59.1 Å². The van der Waals surface area contributed by atoms with Gasteiger partial charge < -0.3 is 4.74 Å². The van der Waals surface area contributed by atoms with E-state index in [1.54, 1.807) is 11.8 Å². The summed E-state index contributed by atoms with van der Waals surface area (Å²) in [5.74, 6) is 1.98. The van der Waals surface area contributed by atoms with E-state index in [9.17, 15) is 0 Å². The molecule has 0 bridgehead atoms. The highest BCUT2D eigenvalue weighted by atomic mass is 79.9. The van der Waals surface area contributed by atoms with Gasteiger partial charge in [0.2, 0.25) is 0 Å². The van der Waals surface area contributed by atoms with E-state index in [4.69, 9.17) is 4.74 Å². The maximum Gasteiger partial charge on any atom is 0.191 e. The van der Waals surface area contributed by atoms with E-state index < -0.39 is 0 Å². The fraction of sp³-hybridized carbons (Fsp3) is 0.529. The van der Waals surface area contributed by atoms with Gasteiger partial charge in [0.25, 0.3) is 0 Å². The second-order valence-corrected chi connectivity index (χ2v) is 8.14. The normalized spacial score (nSPS) is 21.5. The molecule has 6 heteroatoms. The zero-order chi connectivity index (χ0) is 15.6. The van der Waals surface area contributed by atoms with E-state index in [2.05, 4.69) is 55.0 Å². The van der Waals surface area contributed by atoms with Crippen molar-refractivity contribution in [1.29, 1.82) is 0 Å². The van der Waals surface area contributed by atoms with Gasteiger partial charge in [0.05, 0.1) is 12.7 Å². The zero-order valence-corrected chi connectivity index (χ0v) is 15.4. The van der Waals surface area contributed by atoms with Crippen molar-refractivity contribution >= 4 is 27.7 Å². The molecular weight excluding hydrogens is 374 g/mol. The van der Waals surface area contributed by atoms with Crippen LogP contribution in [0.1, 0.15) is 38.1 Å². The Labute approximate surface area is 149 Å². The second kappa shape index (κ2) is 6.95. The number of halogens is 1. The molecule has 2 fully saturated rings. The van der Waals surface area contributed by atoms with Crippen LogP contribution in [-0.2, 0) is 4.74 Å². The molecule has 122 valence electrons. The van der Waals surface area contributed by atoms with E-state index in [0.29, 0.717) is 12.1 Å². The molecule has 1 aromatic heterocycles. The maximum absolute atomic E-state index is 5.34. The monoisotopic (exact) mass is 393 g/mol. The summed E-state index contributed by atoms with van der Waals surface area (Å²) in [6.07, 6.45) is 6.83. The quantitative estimate of drug-likeness (QED) is 0.545. The van der Waals surface area contributed by atoms with Crippen LogP contribution in [0.4, 0.5) is 0 Å². The molecule has 1 aliphatic carbocycles. The van der Waals surface area contributed by atoms with Gasteiger partial charge in [-0.15, -0.1) is 10.2 Å². The minimum Gasteiger partial charge on any atom is -0.372 e. The fourth-order valence-corrected chi connectivity index (χ4v) is 4.44. The summed E-state index contributed by atoms with van der Waals surface area (Å²) in [5.41, 5.74) is 1.14. The number of benzene rings is 1.